The average molecular weight is 523 g/mol. The average Bonchev–Trinajstić information content (AvgIpc) is 3.84. The van der Waals surface area contributed by atoms with Gasteiger partial charge < -0.3 is 15.5 Å². The first-order valence-corrected chi connectivity index (χ1v) is 12.9. The van der Waals surface area contributed by atoms with Crippen LogP contribution in [0.25, 0.3) is 5.69 Å². The number of carbonyl (C=O) groups is 2. The third-order valence-corrected chi connectivity index (χ3v) is 7.55. The number of hydrogen-bond donors (Lipinski definition) is 2. The zero-order valence-corrected chi connectivity index (χ0v) is 20.7. The van der Waals surface area contributed by atoms with Crippen molar-refractivity contribution in [1.29, 1.82) is 0 Å². The maximum atomic E-state index is 14.2. The second kappa shape index (κ2) is 9.82. The zero-order valence-electron chi connectivity index (χ0n) is 20.7. The highest BCUT2D eigenvalue weighted by Gasteiger charge is 2.50. The van der Waals surface area contributed by atoms with Crippen LogP contribution in [0.2, 0.25) is 0 Å². The molecular formula is C26H28F2N8O2. The Bertz CT molecular complexity index is 1340. The van der Waals surface area contributed by atoms with Crippen LogP contribution < -0.4 is 10.6 Å². The van der Waals surface area contributed by atoms with Crippen molar-refractivity contribution in [1.82, 2.24) is 40.5 Å². The van der Waals surface area contributed by atoms with Crippen molar-refractivity contribution in [2.24, 2.45) is 11.8 Å². The summed E-state index contributed by atoms with van der Waals surface area (Å²) in [6.45, 7) is 2.26. The predicted octanol–water partition coefficient (Wildman–Crippen LogP) is 1.97. The standard InChI is InChI=1S/C26H28F2N8O2/c27-17-4-5-22(19(28)12-17)36-15-21(33-34-36)24(38)31-20-6-11-35(13-16-2-3-16)14-18(20)23(37)32-26(7-8-26)25-29-9-1-10-30-25/h1,4-5,9-10,12,15-16,18,20H,2-3,6-8,11,13-14H2,(H,31,38)(H,32,37)/t18-,20-/m0/s1. The van der Waals surface area contributed by atoms with Gasteiger partial charge in [0, 0.05) is 44.1 Å². The molecular weight excluding hydrogens is 494 g/mol. The Hall–Kier alpha value is -3.80. The highest BCUT2D eigenvalue weighted by atomic mass is 19.1. The molecule has 0 spiro atoms. The molecule has 10 nitrogen and oxygen atoms in total. The Balaban J connectivity index is 1.17. The Kier molecular flexibility index (Phi) is 6.34. The minimum atomic E-state index is -0.821. The topological polar surface area (TPSA) is 118 Å². The van der Waals surface area contributed by atoms with Gasteiger partial charge in [0.1, 0.15) is 11.5 Å². The minimum absolute atomic E-state index is 0.0235. The first-order valence-electron chi connectivity index (χ1n) is 12.9. The van der Waals surface area contributed by atoms with E-state index in [0.717, 1.165) is 42.7 Å². The lowest BCUT2D eigenvalue weighted by Gasteiger charge is -2.38. The van der Waals surface area contributed by atoms with Gasteiger partial charge >= 0.3 is 0 Å². The first kappa shape index (κ1) is 24.5. The number of rotatable bonds is 8. The van der Waals surface area contributed by atoms with Crippen molar-refractivity contribution in [3.63, 3.8) is 0 Å². The molecule has 2 aromatic heterocycles. The maximum absolute atomic E-state index is 14.2. The molecule has 3 heterocycles. The van der Waals surface area contributed by atoms with Gasteiger partial charge in [-0.15, -0.1) is 5.10 Å². The molecule has 3 fully saturated rings. The first-order chi connectivity index (χ1) is 18.4. The van der Waals surface area contributed by atoms with Gasteiger partial charge in [0.2, 0.25) is 5.91 Å². The molecule has 2 saturated carbocycles. The second-order valence-corrected chi connectivity index (χ2v) is 10.5. The number of nitrogens with one attached hydrogen (secondary N) is 2. The second-order valence-electron chi connectivity index (χ2n) is 10.5. The number of hydrogen-bond acceptors (Lipinski definition) is 7. The van der Waals surface area contributed by atoms with Crippen molar-refractivity contribution >= 4 is 11.8 Å². The van der Waals surface area contributed by atoms with E-state index in [0.29, 0.717) is 24.7 Å². The number of nitrogens with zero attached hydrogens (tertiary/aromatic N) is 6. The molecule has 3 aliphatic rings. The lowest BCUT2D eigenvalue weighted by atomic mass is 9.90. The molecule has 0 radical (unpaired) electrons. The van der Waals surface area contributed by atoms with Gasteiger partial charge in [-0.05, 0) is 56.2 Å². The summed E-state index contributed by atoms with van der Waals surface area (Å²) in [7, 11) is 0. The van der Waals surface area contributed by atoms with Crippen LogP contribution >= 0.6 is 0 Å². The van der Waals surface area contributed by atoms with Gasteiger partial charge in [-0.1, -0.05) is 5.21 Å². The lowest BCUT2D eigenvalue weighted by molar-refractivity contribution is -0.128. The number of carbonyl (C=O) groups excluding carboxylic acids is 2. The minimum Gasteiger partial charge on any atom is -0.347 e. The molecule has 2 N–H and O–H groups in total. The molecule has 2 atom stereocenters. The smallest absolute Gasteiger partial charge is 0.273 e. The van der Waals surface area contributed by atoms with Crippen LogP contribution in [0.15, 0.2) is 42.9 Å². The number of amides is 2. The van der Waals surface area contributed by atoms with Crippen molar-refractivity contribution in [2.45, 2.75) is 43.7 Å². The molecule has 3 aromatic rings. The Morgan fingerprint density at radius 2 is 1.89 bits per heavy atom. The number of halogens is 2. The van der Waals surface area contributed by atoms with Crippen molar-refractivity contribution < 1.29 is 18.4 Å². The van der Waals surface area contributed by atoms with E-state index < -0.39 is 35.0 Å². The number of benzene rings is 1. The number of piperidine rings is 1. The van der Waals surface area contributed by atoms with Gasteiger partial charge in [-0.25, -0.2) is 23.4 Å². The summed E-state index contributed by atoms with van der Waals surface area (Å²) in [4.78, 5) is 37.7. The monoisotopic (exact) mass is 522 g/mol. The van der Waals surface area contributed by atoms with E-state index in [1.165, 1.54) is 25.1 Å². The maximum Gasteiger partial charge on any atom is 0.273 e. The van der Waals surface area contributed by atoms with Crippen molar-refractivity contribution in [2.75, 3.05) is 19.6 Å². The van der Waals surface area contributed by atoms with Gasteiger partial charge in [0.25, 0.3) is 5.91 Å². The summed E-state index contributed by atoms with van der Waals surface area (Å²) in [5.74, 6) is -1.38. The van der Waals surface area contributed by atoms with Gasteiger partial charge in [0.15, 0.2) is 17.3 Å². The summed E-state index contributed by atoms with van der Waals surface area (Å²) in [5.41, 5.74) is -0.612. The SMILES string of the molecule is O=C(N[C@H]1CCN(CC2CC2)C[C@@H]1C(=O)NC1(c2ncccn2)CC1)c1cn(-c2ccc(F)cc2F)nn1. The fourth-order valence-electron chi connectivity index (χ4n) is 5.09. The van der Waals surface area contributed by atoms with Crippen LogP contribution in [0.4, 0.5) is 8.78 Å². The predicted molar refractivity (Wildman–Crippen MR) is 131 cm³/mol. The Morgan fingerprint density at radius 3 is 2.61 bits per heavy atom. The van der Waals surface area contributed by atoms with E-state index in [9.17, 15) is 18.4 Å². The molecule has 1 aliphatic heterocycles. The molecule has 6 rings (SSSR count). The number of aromatic nitrogens is 5. The van der Waals surface area contributed by atoms with E-state index >= 15 is 0 Å². The molecule has 198 valence electrons. The third kappa shape index (κ3) is 5.13. The summed E-state index contributed by atoms with van der Waals surface area (Å²) in [5, 5.41) is 13.8. The summed E-state index contributed by atoms with van der Waals surface area (Å²) in [6.07, 6.45) is 9.18. The van der Waals surface area contributed by atoms with Crippen LogP contribution in [0.3, 0.4) is 0 Å². The molecule has 1 aromatic carbocycles. The van der Waals surface area contributed by atoms with Gasteiger partial charge in [-0.3, -0.25) is 9.59 Å². The largest absolute Gasteiger partial charge is 0.347 e. The zero-order chi connectivity index (χ0) is 26.3. The number of likely N-dealkylation sites (tertiary alicyclic amines) is 1. The highest BCUT2D eigenvalue weighted by Crippen LogP contribution is 2.44. The van der Waals surface area contributed by atoms with Gasteiger partial charge in [0.05, 0.1) is 17.7 Å². The van der Waals surface area contributed by atoms with Crippen molar-refractivity contribution in [3.05, 3.63) is 66.0 Å². The fraction of sp³-hybridized carbons (Fsp3) is 0.462. The third-order valence-electron chi connectivity index (χ3n) is 7.55. The molecule has 0 bridgehead atoms. The fourth-order valence-corrected chi connectivity index (χ4v) is 5.09. The highest BCUT2D eigenvalue weighted by molar-refractivity contribution is 5.93. The van der Waals surface area contributed by atoms with Crippen LogP contribution in [0, 0.1) is 23.5 Å². The summed E-state index contributed by atoms with van der Waals surface area (Å²) < 4.78 is 28.5. The quantitative estimate of drug-likeness (QED) is 0.465. The molecule has 12 heteroatoms. The normalized spacial score (nSPS) is 22.6. The van der Waals surface area contributed by atoms with E-state index in [1.807, 2.05) is 0 Å². The van der Waals surface area contributed by atoms with Crippen molar-refractivity contribution in [3.8, 4) is 5.69 Å². The van der Waals surface area contributed by atoms with E-state index in [-0.39, 0.29) is 17.3 Å². The Labute approximate surface area is 217 Å². The van der Waals surface area contributed by atoms with Crippen LogP contribution in [-0.2, 0) is 10.3 Å². The molecule has 2 aliphatic carbocycles. The lowest BCUT2D eigenvalue weighted by Crippen LogP contribution is -2.57. The van der Waals surface area contributed by atoms with E-state index in [2.05, 4.69) is 35.8 Å². The molecule has 0 unspecified atom stereocenters. The van der Waals surface area contributed by atoms with E-state index in [1.54, 1.807) is 18.5 Å². The van der Waals surface area contributed by atoms with E-state index in [4.69, 9.17) is 0 Å². The molecule has 38 heavy (non-hydrogen) atoms. The van der Waals surface area contributed by atoms with Crippen LogP contribution in [-0.4, -0.2) is 67.4 Å². The Morgan fingerprint density at radius 1 is 1.11 bits per heavy atom. The summed E-state index contributed by atoms with van der Waals surface area (Å²) in [6, 6.07) is 4.39. The van der Waals surface area contributed by atoms with Crippen LogP contribution in [0.1, 0.15) is 48.4 Å². The summed E-state index contributed by atoms with van der Waals surface area (Å²) >= 11 is 0. The molecule has 1 saturated heterocycles. The molecule has 2 amide bonds. The van der Waals surface area contributed by atoms with Gasteiger partial charge in [-0.2, -0.15) is 0 Å². The van der Waals surface area contributed by atoms with Crippen LogP contribution in [0.5, 0.6) is 0 Å².